The molecule has 4 atom stereocenters. The number of aromatic hydroxyl groups is 1. The van der Waals surface area contributed by atoms with Crippen LogP contribution in [0, 0.1) is 17.0 Å². The molecule has 2 bridgehead atoms. The van der Waals surface area contributed by atoms with E-state index < -0.39 is 11.6 Å². The number of phenolic OH excluding ortho intramolecular Hbond substituents is 1. The smallest absolute Gasteiger partial charge is 0.319 e. The Kier molecular flexibility index (Phi) is 9.27. The van der Waals surface area contributed by atoms with Crippen molar-refractivity contribution in [3.8, 4) is 28.9 Å². The predicted octanol–water partition coefficient (Wildman–Crippen LogP) is 7.35. The molecule has 4 unspecified atom stereocenters. The van der Waals surface area contributed by atoms with Gasteiger partial charge in [-0.25, -0.2) is 13.8 Å². The molecular formula is C41H49F2N5O5. The van der Waals surface area contributed by atoms with Crippen LogP contribution in [-0.4, -0.2) is 95.8 Å². The minimum Gasteiger partial charge on any atom is -0.508 e. The van der Waals surface area contributed by atoms with Gasteiger partial charge in [-0.15, -0.1) is 0 Å². The van der Waals surface area contributed by atoms with Crippen LogP contribution in [0.3, 0.4) is 0 Å². The number of rotatable bonds is 8. The van der Waals surface area contributed by atoms with E-state index in [9.17, 15) is 5.11 Å². The highest BCUT2D eigenvalue weighted by atomic mass is 19.1. The number of benzene rings is 2. The number of fused-ring (bicyclic) bond motifs is 5. The van der Waals surface area contributed by atoms with Crippen LogP contribution in [0.15, 0.2) is 24.3 Å². The molecule has 0 radical (unpaired) electrons. The Morgan fingerprint density at radius 2 is 1.77 bits per heavy atom. The molecule has 10 nitrogen and oxygen atoms in total. The summed E-state index contributed by atoms with van der Waals surface area (Å²) in [6, 6.07) is 7.01. The van der Waals surface area contributed by atoms with Gasteiger partial charge in [0.2, 0.25) is 5.88 Å². The molecule has 2 aromatic carbocycles. The first kappa shape index (κ1) is 34.9. The van der Waals surface area contributed by atoms with E-state index >= 15 is 8.78 Å². The number of pyridine rings is 1. The van der Waals surface area contributed by atoms with E-state index in [0.29, 0.717) is 91.2 Å². The number of ether oxygens (including phenoxy) is 4. The van der Waals surface area contributed by atoms with Crippen LogP contribution in [0.1, 0.15) is 76.7 Å². The highest BCUT2D eigenvalue weighted by Crippen LogP contribution is 2.51. The zero-order valence-corrected chi connectivity index (χ0v) is 30.7. The number of methoxy groups -OCH3 is 1. The lowest BCUT2D eigenvalue weighted by Gasteiger charge is -2.50. The molecule has 0 spiro atoms. The molecule has 282 valence electrons. The number of aryl methyl sites for hydroxylation is 1. The highest BCUT2D eigenvalue weighted by Gasteiger charge is 2.51. The van der Waals surface area contributed by atoms with E-state index in [1.165, 1.54) is 32.1 Å². The monoisotopic (exact) mass is 729 g/mol. The van der Waals surface area contributed by atoms with Crippen molar-refractivity contribution in [2.75, 3.05) is 51.5 Å². The maximum absolute atomic E-state index is 17.3. The third-order valence-corrected chi connectivity index (χ3v) is 12.8. The van der Waals surface area contributed by atoms with Crippen LogP contribution in [0.5, 0.6) is 17.6 Å². The predicted molar refractivity (Wildman–Crippen MR) is 198 cm³/mol. The lowest BCUT2D eigenvalue weighted by atomic mass is 9.74. The SMILES string of the molecule is CCc1c(F)ccc2cc(O)cc(-c3nc(OC)c4c(N5CCCOCC5)nc(OCC56CCCC5N(C5CC7CCC(C5)O7)CCC6)nc4c3F)c12. The molecule has 4 aromatic rings. The lowest BCUT2D eigenvalue weighted by molar-refractivity contribution is -0.0798. The first-order chi connectivity index (χ1) is 25.9. The fourth-order valence-corrected chi connectivity index (χ4v) is 10.4. The number of halogens is 2. The van der Waals surface area contributed by atoms with Crippen LogP contribution < -0.4 is 14.4 Å². The summed E-state index contributed by atoms with van der Waals surface area (Å²) < 4.78 is 57.0. The van der Waals surface area contributed by atoms with E-state index in [1.54, 1.807) is 12.1 Å². The third-order valence-electron chi connectivity index (χ3n) is 12.8. The van der Waals surface area contributed by atoms with Gasteiger partial charge in [0.1, 0.15) is 34.0 Å². The van der Waals surface area contributed by atoms with Crippen molar-refractivity contribution in [3.05, 3.63) is 41.5 Å². The molecule has 9 rings (SSSR count). The fraction of sp³-hybridized carbons (Fsp3) is 0.585. The van der Waals surface area contributed by atoms with Crippen molar-refractivity contribution < 1.29 is 32.8 Å². The number of hydrogen-bond acceptors (Lipinski definition) is 10. The standard InChI is InChI=1S/C41H49F2N5O5/c1-3-29-31(42)11-8-24-19-26(49)22-30(33(24)29)36-35(43)37-34(39(44-36)50-2)38(47-14-6-17-51-18-16-47)46-40(45-37)52-23-41-12-4-7-32(41)48(15-5-13-41)25-20-27-9-10-28(21-25)53-27/h8,11,19,22,25,27-28,32,49H,3-7,9-10,12-18,20-21,23H2,1-2H3. The van der Waals surface area contributed by atoms with Gasteiger partial charge in [0.05, 0.1) is 32.5 Å². The zero-order chi connectivity index (χ0) is 36.3. The average molecular weight is 730 g/mol. The number of hydrogen-bond donors (Lipinski definition) is 1. The Morgan fingerprint density at radius 1 is 0.943 bits per heavy atom. The quantitative estimate of drug-likeness (QED) is 0.198. The minimum atomic E-state index is -0.714. The van der Waals surface area contributed by atoms with Gasteiger partial charge in [-0.1, -0.05) is 19.4 Å². The molecule has 1 saturated carbocycles. The molecule has 1 aliphatic carbocycles. The van der Waals surface area contributed by atoms with Crippen LogP contribution in [0.25, 0.3) is 32.9 Å². The molecule has 0 amide bonds. The fourth-order valence-electron chi connectivity index (χ4n) is 10.4. The summed E-state index contributed by atoms with van der Waals surface area (Å²) in [6.45, 7) is 5.70. The van der Waals surface area contributed by atoms with Crippen molar-refractivity contribution in [2.45, 2.75) is 102 Å². The molecule has 1 N–H and O–H groups in total. The molecule has 6 heterocycles. The summed E-state index contributed by atoms with van der Waals surface area (Å²) in [5, 5.41) is 12.2. The summed E-state index contributed by atoms with van der Waals surface area (Å²) in [5.41, 5.74) is 0.552. The highest BCUT2D eigenvalue weighted by molar-refractivity contribution is 6.03. The van der Waals surface area contributed by atoms with Crippen molar-refractivity contribution in [2.24, 2.45) is 5.41 Å². The summed E-state index contributed by atoms with van der Waals surface area (Å²) >= 11 is 0. The van der Waals surface area contributed by atoms with Crippen LogP contribution >= 0.6 is 0 Å². The Balaban J connectivity index is 1.14. The van der Waals surface area contributed by atoms with Gasteiger partial charge in [-0.2, -0.15) is 9.97 Å². The Labute approximate surface area is 308 Å². The first-order valence-electron chi connectivity index (χ1n) is 19.6. The van der Waals surface area contributed by atoms with E-state index in [-0.39, 0.29) is 39.8 Å². The number of likely N-dealkylation sites (tertiary alicyclic amines) is 1. The second-order valence-electron chi connectivity index (χ2n) is 15.7. The van der Waals surface area contributed by atoms with E-state index in [4.69, 9.17) is 33.9 Å². The maximum atomic E-state index is 17.3. The molecule has 4 saturated heterocycles. The van der Waals surface area contributed by atoms with Crippen LogP contribution in [0.4, 0.5) is 14.6 Å². The summed E-state index contributed by atoms with van der Waals surface area (Å²) in [6.07, 6.45) is 12.0. The molecule has 5 aliphatic rings. The molecule has 12 heteroatoms. The van der Waals surface area contributed by atoms with Crippen molar-refractivity contribution >= 4 is 27.5 Å². The number of nitrogens with zero attached hydrogens (tertiary/aromatic N) is 5. The summed E-state index contributed by atoms with van der Waals surface area (Å²) in [7, 11) is 1.49. The molecular weight excluding hydrogens is 680 g/mol. The number of piperidine rings is 1. The molecule has 53 heavy (non-hydrogen) atoms. The number of anilines is 1. The topological polar surface area (TPSA) is 102 Å². The van der Waals surface area contributed by atoms with E-state index in [2.05, 4.69) is 9.80 Å². The maximum Gasteiger partial charge on any atom is 0.319 e. The molecule has 5 fully saturated rings. The van der Waals surface area contributed by atoms with Gasteiger partial charge in [-0.05, 0) is 105 Å². The van der Waals surface area contributed by atoms with Gasteiger partial charge < -0.3 is 29.0 Å². The number of aromatic nitrogens is 3. The second kappa shape index (κ2) is 14.1. The second-order valence-corrected chi connectivity index (χ2v) is 15.7. The Bertz CT molecular complexity index is 2010. The Hall–Kier alpha value is -3.87. The molecule has 4 aliphatic heterocycles. The van der Waals surface area contributed by atoms with Crippen LogP contribution in [-0.2, 0) is 15.9 Å². The van der Waals surface area contributed by atoms with Crippen LogP contribution in [0.2, 0.25) is 0 Å². The minimum absolute atomic E-state index is 0.00591. The van der Waals surface area contributed by atoms with Crippen molar-refractivity contribution in [3.63, 3.8) is 0 Å². The zero-order valence-electron chi connectivity index (χ0n) is 30.7. The van der Waals surface area contributed by atoms with Gasteiger partial charge in [0.15, 0.2) is 5.82 Å². The third kappa shape index (κ3) is 6.14. The van der Waals surface area contributed by atoms with Gasteiger partial charge in [-0.3, -0.25) is 4.90 Å². The lowest BCUT2D eigenvalue weighted by Crippen LogP contribution is -2.57. The van der Waals surface area contributed by atoms with Gasteiger partial charge in [0, 0.05) is 42.8 Å². The average Bonchev–Trinajstić information content (AvgIpc) is 3.64. The Morgan fingerprint density at radius 3 is 2.58 bits per heavy atom. The van der Waals surface area contributed by atoms with Crippen molar-refractivity contribution in [1.29, 1.82) is 0 Å². The summed E-state index contributed by atoms with van der Waals surface area (Å²) in [5.74, 6) is -0.586. The normalized spacial score (nSPS) is 27.7. The number of phenols is 1. The van der Waals surface area contributed by atoms with Gasteiger partial charge >= 0.3 is 6.01 Å². The van der Waals surface area contributed by atoms with E-state index in [0.717, 1.165) is 57.9 Å². The van der Waals surface area contributed by atoms with Gasteiger partial charge in [0.25, 0.3) is 0 Å². The van der Waals surface area contributed by atoms with Crippen molar-refractivity contribution in [1.82, 2.24) is 19.9 Å². The van der Waals surface area contributed by atoms with E-state index in [1.807, 2.05) is 6.92 Å². The molecule has 2 aromatic heterocycles. The first-order valence-corrected chi connectivity index (χ1v) is 19.6. The summed E-state index contributed by atoms with van der Waals surface area (Å²) in [4.78, 5) is 19.3. The largest absolute Gasteiger partial charge is 0.508 e.